The maximum Gasteiger partial charge on any atom is 0.147 e. The fraction of sp³-hybridized carbons (Fsp3) is 0.154. The van der Waals surface area contributed by atoms with Crippen molar-refractivity contribution in [3.8, 4) is 0 Å². The van der Waals surface area contributed by atoms with Crippen LogP contribution in [0, 0.1) is 10.8 Å². The largest absolute Gasteiger partial charge is 0.314 e. The van der Waals surface area contributed by atoms with Crippen LogP contribution in [0.3, 0.4) is 0 Å². The molecule has 286 valence electrons. The molecule has 6 heteroatoms. The molecule has 0 saturated heterocycles. The monoisotopic (exact) mass is 810 g/mol. The van der Waals surface area contributed by atoms with Crippen LogP contribution in [-0.4, -0.2) is 18.5 Å². The SMILES string of the molecule is CC1=C(C2=C(CP(=O)(c3ccccc3)c3ccccc3)[C@]3(C)CP2(=O)C(c2ccccc2)=C3c2ccccc2)P2(=O)C[C@@]1(C)C(c1ccccc1)=C2c1ccccc1. The maximum atomic E-state index is 17.1. The summed E-state index contributed by atoms with van der Waals surface area (Å²) in [5, 5.41) is 4.75. The highest BCUT2D eigenvalue weighted by Gasteiger charge is 2.67. The third-order valence-electron chi connectivity index (χ3n) is 13.4. The van der Waals surface area contributed by atoms with E-state index in [1.54, 1.807) is 0 Å². The van der Waals surface area contributed by atoms with E-state index in [0.717, 1.165) is 76.4 Å². The molecule has 4 bridgehead atoms. The van der Waals surface area contributed by atoms with Crippen molar-refractivity contribution in [2.24, 2.45) is 10.8 Å². The van der Waals surface area contributed by atoms with Crippen LogP contribution in [-0.2, 0) is 13.7 Å². The minimum atomic E-state index is -3.54. The van der Waals surface area contributed by atoms with Gasteiger partial charge in [-0.1, -0.05) is 201 Å². The predicted octanol–water partition coefficient (Wildman–Crippen LogP) is 13.5. The minimum Gasteiger partial charge on any atom is -0.314 e. The summed E-state index contributed by atoms with van der Waals surface area (Å²) in [7, 11) is -10.4. The fourth-order valence-corrected chi connectivity index (χ4v) is 23.6. The zero-order chi connectivity index (χ0) is 39.9. The van der Waals surface area contributed by atoms with Crippen LogP contribution >= 0.6 is 21.4 Å². The van der Waals surface area contributed by atoms with Crippen molar-refractivity contribution in [3.63, 3.8) is 0 Å². The highest BCUT2D eigenvalue weighted by Crippen LogP contribution is 2.92. The van der Waals surface area contributed by atoms with Gasteiger partial charge in [0.2, 0.25) is 0 Å². The molecule has 0 fully saturated rings. The number of benzene rings is 6. The average molecular weight is 811 g/mol. The third kappa shape index (κ3) is 5.23. The molecule has 6 aromatic rings. The normalized spacial score (nSPS) is 26.3. The molecule has 6 aromatic carbocycles. The highest BCUT2D eigenvalue weighted by molar-refractivity contribution is 7.85. The van der Waals surface area contributed by atoms with Gasteiger partial charge in [-0.05, 0) is 45.9 Å². The van der Waals surface area contributed by atoms with Crippen molar-refractivity contribution in [2.75, 3.05) is 18.5 Å². The van der Waals surface area contributed by atoms with E-state index >= 15 is 13.7 Å². The smallest absolute Gasteiger partial charge is 0.147 e. The topological polar surface area (TPSA) is 51.2 Å². The van der Waals surface area contributed by atoms with Gasteiger partial charge in [-0.2, -0.15) is 0 Å². The second-order valence-corrected chi connectivity index (χ2v) is 24.9. The van der Waals surface area contributed by atoms with Gasteiger partial charge in [0.1, 0.15) is 21.4 Å². The maximum absolute atomic E-state index is 17.1. The Bertz CT molecular complexity index is 2850. The molecule has 0 aromatic heterocycles. The lowest BCUT2D eigenvalue weighted by Crippen LogP contribution is -2.27. The molecular weight excluding hydrogens is 765 g/mol. The first-order chi connectivity index (χ1) is 28.0. The molecule has 4 atom stereocenters. The summed E-state index contributed by atoms with van der Waals surface area (Å²) < 4.78 is 50.3. The lowest BCUT2D eigenvalue weighted by atomic mass is 9.72. The molecule has 0 aliphatic carbocycles. The molecule has 4 heterocycles. The fourth-order valence-electron chi connectivity index (χ4n) is 10.9. The summed E-state index contributed by atoms with van der Waals surface area (Å²) in [5.41, 5.74) is 6.69. The van der Waals surface area contributed by atoms with E-state index in [1.165, 1.54) is 0 Å². The Balaban J connectivity index is 1.31. The molecule has 3 nitrogen and oxygen atoms in total. The van der Waals surface area contributed by atoms with E-state index in [-0.39, 0.29) is 6.16 Å². The lowest BCUT2D eigenvalue weighted by Gasteiger charge is -2.37. The quantitative estimate of drug-likeness (QED) is 0.137. The minimum absolute atomic E-state index is 0.193. The van der Waals surface area contributed by atoms with Crippen molar-refractivity contribution in [2.45, 2.75) is 20.8 Å². The lowest BCUT2D eigenvalue weighted by molar-refractivity contribution is 0.571. The molecule has 0 spiro atoms. The zero-order valence-corrected chi connectivity index (χ0v) is 35.7. The second kappa shape index (κ2) is 13.5. The first kappa shape index (κ1) is 37.3. The summed E-state index contributed by atoms with van der Waals surface area (Å²) >= 11 is 0. The Labute approximate surface area is 342 Å². The van der Waals surface area contributed by atoms with Gasteiger partial charge in [0.05, 0.1) is 0 Å². The van der Waals surface area contributed by atoms with Crippen molar-refractivity contribution >= 4 is 53.8 Å². The molecule has 0 amide bonds. The van der Waals surface area contributed by atoms with E-state index in [2.05, 4.69) is 81.4 Å². The van der Waals surface area contributed by atoms with Gasteiger partial charge in [0.25, 0.3) is 0 Å². The van der Waals surface area contributed by atoms with Crippen LogP contribution in [0.2, 0.25) is 0 Å². The van der Waals surface area contributed by atoms with Crippen LogP contribution in [0.5, 0.6) is 0 Å². The van der Waals surface area contributed by atoms with Gasteiger partial charge in [-0.3, -0.25) is 0 Å². The van der Waals surface area contributed by atoms with Gasteiger partial charge >= 0.3 is 0 Å². The van der Waals surface area contributed by atoms with Crippen LogP contribution in [0.4, 0.5) is 0 Å². The van der Waals surface area contributed by atoms with Crippen molar-refractivity contribution in [1.82, 2.24) is 0 Å². The van der Waals surface area contributed by atoms with Gasteiger partial charge in [0.15, 0.2) is 0 Å². The highest BCUT2D eigenvalue weighted by atomic mass is 31.2. The first-order valence-corrected chi connectivity index (χ1v) is 25.8. The Kier molecular flexibility index (Phi) is 8.68. The van der Waals surface area contributed by atoms with Gasteiger partial charge in [-0.25, -0.2) is 0 Å². The summed E-state index contributed by atoms with van der Waals surface area (Å²) in [6, 6.07) is 60.8. The molecule has 0 saturated carbocycles. The Hall–Kier alpha value is -5.03. The van der Waals surface area contributed by atoms with E-state index in [0.29, 0.717) is 12.3 Å². The van der Waals surface area contributed by atoms with Crippen LogP contribution in [0.15, 0.2) is 204 Å². The van der Waals surface area contributed by atoms with Crippen molar-refractivity contribution < 1.29 is 13.7 Å². The van der Waals surface area contributed by atoms with Crippen LogP contribution in [0.25, 0.3) is 21.8 Å². The van der Waals surface area contributed by atoms with E-state index in [4.69, 9.17) is 0 Å². The van der Waals surface area contributed by atoms with Gasteiger partial charge < -0.3 is 13.7 Å². The molecular formula is C52H45O3P3. The van der Waals surface area contributed by atoms with E-state index in [1.807, 2.05) is 121 Å². The Morgan fingerprint density at radius 3 is 1.19 bits per heavy atom. The molecule has 2 unspecified atom stereocenters. The number of hydrogen-bond acceptors (Lipinski definition) is 3. The van der Waals surface area contributed by atoms with E-state index in [9.17, 15) is 0 Å². The molecule has 58 heavy (non-hydrogen) atoms. The zero-order valence-electron chi connectivity index (χ0n) is 33.0. The van der Waals surface area contributed by atoms with E-state index < -0.39 is 32.3 Å². The standard InChI is InChI=1S/C52H45O3P3/c1-37-47(57(54)35-51(37,2)45(38-22-10-4-11-23-38)48(57)40-26-14-6-15-27-40)50-44(34-56(53,42-30-18-8-19-31-42)43-32-20-9-21-33-43)52(3)36-58(50,55)49(41-28-16-7-17-29-41)46(52)39-24-12-5-13-25-39/h4-33H,34-36H2,1-3H3/t51-,52+,57?,58?/m1/s1. The second-order valence-electron chi connectivity index (χ2n) is 16.7. The number of allylic oxidation sites excluding steroid dienone is 6. The average Bonchev–Trinajstić information content (AvgIpc) is 3.83. The Morgan fingerprint density at radius 2 is 0.776 bits per heavy atom. The number of rotatable bonds is 9. The number of fused-ring (bicyclic) bond motifs is 4. The number of hydrogen-bond donors (Lipinski definition) is 0. The Morgan fingerprint density at radius 1 is 0.448 bits per heavy atom. The third-order valence-corrected chi connectivity index (χ3v) is 23.7. The van der Waals surface area contributed by atoms with Crippen LogP contribution < -0.4 is 10.6 Å². The van der Waals surface area contributed by atoms with Gasteiger partial charge in [0, 0.05) is 61.2 Å². The summed E-state index contributed by atoms with van der Waals surface area (Å²) in [6.07, 6.45) is 0.999. The first-order valence-electron chi connectivity index (χ1n) is 20.1. The molecule has 0 radical (unpaired) electrons. The molecule has 4 aliphatic heterocycles. The van der Waals surface area contributed by atoms with Gasteiger partial charge in [-0.15, -0.1) is 0 Å². The van der Waals surface area contributed by atoms with Crippen LogP contribution in [0.1, 0.15) is 43.0 Å². The summed E-state index contributed by atoms with van der Waals surface area (Å²) in [4.78, 5) is 0. The predicted molar refractivity (Wildman–Crippen MR) is 245 cm³/mol. The molecule has 4 aliphatic rings. The van der Waals surface area contributed by atoms with Crippen molar-refractivity contribution in [3.05, 3.63) is 226 Å². The summed E-state index contributed by atoms with van der Waals surface area (Å²) in [5.74, 6) is 0. The summed E-state index contributed by atoms with van der Waals surface area (Å²) in [6.45, 7) is 6.61. The van der Waals surface area contributed by atoms with Crippen molar-refractivity contribution in [1.29, 1.82) is 0 Å². The molecule has 0 N–H and O–H groups in total. The molecule has 10 rings (SSSR count).